The average molecular weight is 400 g/mol. The summed E-state index contributed by atoms with van der Waals surface area (Å²) in [5.74, 6) is -0.134. The Morgan fingerprint density at radius 2 is 1.77 bits per heavy atom. The van der Waals surface area contributed by atoms with Gasteiger partial charge in [-0.3, -0.25) is 14.9 Å². The average Bonchev–Trinajstić information content (AvgIpc) is 3.41. The molecule has 0 spiro atoms. The fourth-order valence-electron chi connectivity index (χ4n) is 4.17. The highest BCUT2D eigenvalue weighted by Gasteiger charge is 2.35. The van der Waals surface area contributed by atoms with Crippen LogP contribution >= 0.6 is 0 Å². The largest absolute Gasteiger partial charge is 0.497 e. The number of carbonyl (C=O) groups excluding carboxylic acids is 2. The molecule has 150 valence electrons. The number of nitrogens with two attached hydrogens (primary N) is 1. The molecule has 0 unspecified atom stereocenters. The van der Waals surface area contributed by atoms with Gasteiger partial charge in [0.2, 0.25) is 0 Å². The summed E-state index contributed by atoms with van der Waals surface area (Å²) < 4.78 is 7.39. The van der Waals surface area contributed by atoms with E-state index in [1.54, 1.807) is 13.3 Å². The molecule has 5 rings (SSSR count). The summed E-state index contributed by atoms with van der Waals surface area (Å²) in [6.45, 7) is 1.04. The number of nitrogens with zero attached hydrogens (tertiary/aromatic N) is 1. The molecule has 7 nitrogen and oxygen atoms in total. The number of benzene rings is 2. The van der Waals surface area contributed by atoms with Crippen LogP contribution in [0.25, 0.3) is 33.0 Å². The van der Waals surface area contributed by atoms with Crippen LogP contribution in [0.2, 0.25) is 0 Å². The van der Waals surface area contributed by atoms with Crippen LogP contribution in [0.5, 0.6) is 5.75 Å². The number of rotatable bonds is 5. The van der Waals surface area contributed by atoms with E-state index in [9.17, 15) is 9.59 Å². The first-order chi connectivity index (χ1) is 14.6. The van der Waals surface area contributed by atoms with Crippen LogP contribution in [0.1, 0.15) is 11.1 Å². The number of para-hydroxylation sites is 1. The number of aromatic nitrogens is 2. The van der Waals surface area contributed by atoms with Crippen LogP contribution in [-0.2, 0) is 16.1 Å². The number of aromatic amines is 1. The van der Waals surface area contributed by atoms with Gasteiger partial charge in [0.1, 0.15) is 5.75 Å². The van der Waals surface area contributed by atoms with Crippen LogP contribution in [0.4, 0.5) is 0 Å². The van der Waals surface area contributed by atoms with Crippen molar-refractivity contribution in [3.05, 3.63) is 66.0 Å². The number of methoxy groups -OCH3 is 1. The highest BCUT2D eigenvalue weighted by molar-refractivity contribution is 6.50. The number of ether oxygens (including phenoxy) is 1. The normalized spacial score (nSPS) is 14.2. The summed E-state index contributed by atoms with van der Waals surface area (Å²) in [5, 5.41) is 4.19. The fraction of sp³-hybridized carbons (Fsp3) is 0.130. The zero-order valence-corrected chi connectivity index (χ0v) is 16.4. The molecule has 4 N–H and O–H groups in total. The summed E-state index contributed by atoms with van der Waals surface area (Å²) in [4.78, 5) is 29.0. The molecule has 0 saturated heterocycles. The molecule has 2 aromatic heterocycles. The molecule has 30 heavy (non-hydrogen) atoms. The molecular weight excluding hydrogens is 380 g/mol. The molecule has 7 heteroatoms. The van der Waals surface area contributed by atoms with Crippen LogP contribution in [0, 0.1) is 0 Å². The molecule has 0 aliphatic carbocycles. The van der Waals surface area contributed by atoms with Gasteiger partial charge in [-0.2, -0.15) is 0 Å². The molecule has 2 aromatic carbocycles. The van der Waals surface area contributed by atoms with E-state index in [0.29, 0.717) is 41.1 Å². The maximum Gasteiger partial charge on any atom is 0.259 e. The van der Waals surface area contributed by atoms with Crippen LogP contribution in [0.15, 0.2) is 54.9 Å². The number of fused-ring (bicyclic) bond motifs is 2. The fourth-order valence-corrected chi connectivity index (χ4v) is 4.17. The standard InChI is InChI=1S/C23H20N4O3/c1-30-13-6-7-19-15(10-13)17(12-27(19)9-8-24)21-20(22(28)26-23(21)29)16-11-25-18-5-3-2-4-14(16)18/h2-7,10-12,25H,8-9,24H2,1H3,(H,26,28,29). The van der Waals surface area contributed by atoms with Gasteiger partial charge in [0.25, 0.3) is 11.8 Å². The Morgan fingerprint density at radius 3 is 2.53 bits per heavy atom. The summed E-state index contributed by atoms with van der Waals surface area (Å²) in [5.41, 5.74) is 9.73. The maximum atomic E-state index is 12.9. The van der Waals surface area contributed by atoms with Crippen LogP contribution < -0.4 is 15.8 Å². The van der Waals surface area contributed by atoms with Crippen molar-refractivity contribution in [1.29, 1.82) is 0 Å². The number of hydrogen-bond acceptors (Lipinski definition) is 4. The van der Waals surface area contributed by atoms with Crippen molar-refractivity contribution in [2.45, 2.75) is 6.54 Å². The van der Waals surface area contributed by atoms with Crippen molar-refractivity contribution in [1.82, 2.24) is 14.9 Å². The lowest BCUT2D eigenvalue weighted by Crippen LogP contribution is -2.22. The molecule has 0 bridgehead atoms. The summed E-state index contributed by atoms with van der Waals surface area (Å²) in [7, 11) is 1.60. The van der Waals surface area contributed by atoms with Crippen molar-refractivity contribution in [2.24, 2.45) is 5.73 Å². The van der Waals surface area contributed by atoms with Gasteiger partial charge in [0, 0.05) is 58.4 Å². The Balaban J connectivity index is 1.83. The highest BCUT2D eigenvalue weighted by atomic mass is 16.5. The molecule has 3 heterocycles. The number of H-pyrrole nitrogens is 1. The topological polar surface area (TPSA) is 102 Å². The minimum atomic E-state index is -0.408. The van der Waals surface area contributed by atoms with Gasteiger partial charge < -0.3 is 20.0 Å². The molecule has 4 aromatic rings. The Kier molecular flexibility index (Phi) is 4.18. The second-order valence-corrected chi connectivity index (χ2v) is 7.19. The van der Waals surface area contributed by atoms with Gasteiger partial charge in [0.05, 0.1) is 18.3 Å². The van der Waals surface area contributed by atoms with E-state index < -0.39 is 11.8 Å². The van der Waals surface area contributed by atoms with E-state index in [0.717, 1.165) is 21.8 Å². The van der Waals surface area contributed by atoms with Crippen molar-refractivity contribution < 1.29 is 14.3 Å². The molecule has 1 aliphatic rings. The Labute approximate surface area is 172 Å². The van der Waals surface area contributed by atoms with Crippen LogP contribution in [-0.4, -0.2) is 35.0 Å². The highest BCUT2D eigenvalue weighted by Crippen LogP contribution is 2.39. The molecule has 0 saturated carbocycles. The van der Waals surface area contributed by atoms with E-state index in [1.807, 2.05) is 53.2 Å². The lowest BCUT2D eigenvalue weighted by atomic mass is 9.95. The van der Waals surface area contributed by atoms with E-state index in [1.165, 1.54) is 0 Å². The molecule has 0 atom stereocenters. The minimum Gasteiger partial charge on any atom is -0.497 e. The third-order valence-corrected chi connectivity index (χ3v) is 5.52. The van der Waals surface area contributed by atoms with Crippen molar-refractivity contribution in [3.63, 3.8) is 0 Å². The first-order valence-corrected chi connectivity index (χ1v) is 9.66. The van der Waals surface area contributed by atoms with E-state index in [-0.39, 0.29) is 0 Å². The van der Waals surface area contributed by atoms with Crippen molar-refractivity contribution >= 4 is 44.8 Å². The van der Waals surface area contributed by atoms with Gasteiger partial charge in [-0.25, -0.2) is 0 Å². The Morgan fingerprint density at radius 1 is 1.00 bits per heavy atom. The van der Waals surface area contributed by atoms with Crippen LogP contribution in [0.3, 0.4) is 0 Å². The summed E-state index contributed by atoms with van der Waals surface area (Å²) >= 11 is 0. The Hall–Kier alpha value is -3.84. The van der Waals surface area contributed by atoms with Gasteiger partial charge in [-0.05, 0) is 24.3 Å². The number of nitrogens with one attached hydrogen (secondary N) is 2. The number of imide groups is 1. The quantitative estimate of drug-likeness (QED) is 0.448. The van der Waals surface area contributed by atoms with E-state index >= 15 is 0 Å². The molecule has 1 aliphatic heterocycles. The zero-order chi connectivity index (χ0) is 20.8. The monoisotopic (exact) mass is 400 g/mol. The van der Waals surface area contributed by atoms with Gasteiger partial charge in [0.15, 0.2) is 0 Å². The second kappa shape index (κ2) is 6.89. The van der Waals surface area contributed by atoms with Gasteiger partial charge >= 0.3 is 0 Å². The third kappa shape index (κ3) is 2.63. The lowest BCUT2D eigenvalue weighted by Gasteiger charge is -2.04. The maximum absolute atomic E-state index is 12.9. The van der Waals surface area contributed by atoms with Crippen molar-refractivity contribution in [2.75, 3.05) is 13.7 Å². The summed E-state index contributed by atoms with van der Waals surface area (Å²) in [6, 6.07) is 13.4. The first-order valence-electron chi connectivity index (χ1n) is 9.66. The van der Waals surface area contributed by atoms with Gasteiger partial charge in [-0.1, -0.05) is 18.2 Å². The molecule has 0 radical (unpaired) electrons. The van der Waals surface area contributed by atoms with Gasteiger partial charge in [-0.15, -0.1) is 0 Å². The predicted molar refractivity (Wildman–Crippen MR) is 116 cm³/mol. The predicted octanol–water partition coefficient (Wildman–Crippen LogP) is 2.66. The Bertz CT molecular complexity index is 1360. The number of carbonyl (C=O) groups is 2. The number of hydrogen-bond donors (Lipinski definition) is 3. The third-order valence-electron chi connectivity index (χ3n) is 5.52. The molecular formula is C23H20N4O3. The lowest BCUT2D eigenvalue weighted by molar-refractivity contribution is -0.122. The summed E-state index contributed by atoms with van der Waals surface area (Å²) in [6.07, 6.45) is 3.66. The SMILES string of the molecule is COc1ccc2c(c1)c(C1=C(c3c[nH]c4ccccc34)C(=O)NC1=O)cn2CCN. The molecule has 2 amide bonds. The van der Waals surface area contributed by atoms with Crippen molar-refractivity contribution in [3.8, 4) is 5.75 Å². The zero-order valence-electron chi connectivity index (χ0n) is 16.4. The number of amides is 2. The first kappa shape index (κ1) is 18.2. The second-order valence-electron chi connectivity index (χ2n) is 7.19. The minimum absolute atomic E-state index is 0.360. The van der Waals surface area contributed by atoms with E-state index in [4.69, 9.17) is 10.5 Å². The van der Waals surface area contributed by atoms with E-state index in [2.05, 4.69) is 10.3 Å². The smallest absolute Gasteiger partial charge is 0.259 e. The molecule has 0 fully saturated rings.